The SMILES string of the molecule is Cc1nccn1C(=O)c1ccc([N+](=O)[O-])cc1. The normalized spacial score (nSPS) is 10.2. The van der Waals surface area contributed by atoms with Gasteiger partial charge in [0.2, 0.25) is 0 Å². The van der Waals surface area contributed by atoms with Crippen molar-refractivity contribution < 1.29 is 9.72 Å². The molecule has 6 nitrogen and oxygen atoms in total. The molecule has 0 unspecified atom stereocenters. The molecular weight excluding hydrogens is 222 g/mol. The first kappa shape index (κ1) is 11.0. The number of benzene rings is 1. The molecular formula is C11H9N3O3. The van der Waals surface area contributed by atoms with E-state index in [2.05, 4.69) is 4.98 Å². The van der Waals surface area contributed by atoms with E-state index in [4.69, 9.17) is 0 Å². The average molecular weight is 231 g/mol. The van der Waals surface area contributed by atoms with Gasteiger partial charge in [-0.1, -0.05) is 0 Å². The second-order valence-electron chi connectivity index (χ2n) is 3.45. The molecule has 2 aromatic rings. The third kappa shape index (κ3) is 2.05. The highest BCUT2D eigenvalue weighted by Crippen LogP contribution is 2.13. The largest absolute Gasteiger partial charge is 0.270 e. The number of aryl methyl sites for hydroxylation is 1. The van der Waals surface area contributed by atoms with E-state index in [1.165, 1.54) is 35.0 Å². The zero-order chi connectivity index (χ0) is 12.4. The molecule has 86 valence electrons. The predicted octanol–water partition coefficient (Wildman–Crippen LogP) is 1.79. The van der Waals surface area contributed by atoms with Crippen LogP contribution >= 0.6 is 0 Å². The van der Waals surface area contributed by atoms with Crippen LogP contribution < -0.4 is 0 Å². The molecule has 17 heavy (non-hydrogen) atoms. The first-order valence-corrected chi connectivity index (χ1v) is 4.88. The van der Waals surface area contributed by atoms with Crippen LogP contribution in [0.2, 0.25) is 0 Å². The Morgan fingerprint density at radius 1 is 1.35 bits per heavy atom. The van der Waals surface area contributed by atoms with Crippen LogP contribution in [-0.2, 0) is 0 Å². The lowest BCUT2D eigenvalue weighted by molar-refractivity contribution is -0.384. The minimum absolute atomic E-state index is 0.0381. The summed E-state index contributed by atoms with van der Waals surface area (Å²) in [5.74, 6) is 0.322. The molecule has 1 aromatic heterocycles. The zero-order valence-corrected chi connectivity index (χ0v) is 9.03. The van der Waals surface area contributed by atoms with Gasteiger partial charge in [-0.2, -0.15) is 0 Å². The molecule has 0 aliphatic carbocycles. The maximum absolute atomic E-state index is 12.0. The summed E-state index contributed by atoms with van der Waals surface area (Å²) in [5, 5.41) is 10.5. The molecule has 0 aliphatic rings. The minimum Gasteiger partial charge on any atom is -0.270 e. The Hall–Kier alpha value is -2.50. The van der Waals surface area contributed by atoms with E-state index in [1.54, 1.807) is 13.1 Å². The van der Waals surface area contributed by atoms with E-state index in [9.17, 15) is 14.9 Å². The van der Waals surface area contributed by atoms with Gasteiger partial charge < -0.3 is 0 Å². The molecule has 1 aromatic carbocycles. The monoisotopic (exact) mass is 231 g/mol. The Balaban J connectivity index is 2.33. The van der Waals surface area contributed by atoms with Crippen molar-refractivity contribution >= 4 is 11.6 Å². The Morgan fingerprint density at radius 3 is 2.47 bits per heavy atom. The van der Waals surface area contributed by atoms with Gasteiger partial charge in [-0.15, -0.1) is 0 Å². The topological polar surface area (TPSA) is 78.0 Å². The lowest BCUT2D eigenvalue weighted by atomic mass is 10.2. The molecule has 0 amide bonds. The van der Waals surface area contributed by atoms with E-state index < -0.39 is 4.92 Å². The van der Waals surface area contributed by atoms with Gasteiger partial charge in [0.15, 0.2) is 0 Å². The highest BCUT2D eigenvalue weighted by molar-refractivity contribution is 5.96. The number of nitro benzene ring substituents is 1. The summed E-state index contributed by atoms with van der Waals surface area (Å²) < 4.78 is 1.39. The summed E-state index contributed by atoms with van der Waals surface area (Å²) in [5.41, 5.74) is 0.348. The van der Waals surface area contributed by atoms with E-state index in [-0.39, 0.29) is 11.6 Å². The molecule has 0 aliphatic heterocycles. The Labute approximate surface area is 96.7 Å². The van der Waals surface area contributed by atoms with Crippen LogP contribution in [-0.4, -0.2) is 20.4 Å². The number of aromatic nitrogens is 2. The lowest BCUT2D eigenvalue weighted by Crippen LogP contribution is -2.12. The second-order valence-corrected chi connectivity index (χ2v) is 3.45. The molecule has 6 heteroatoms. The first-order valence-electron chi connectivity index (χ1n) is 4.88. The van der Waals surface area contributed by atoms with Crippen molar-refractivity contribution in [3.8, 4) is 0 Å². The van der Waals surface area contributed by atoms with Crippen LogP contribution in [0.1, 0.15) is 16.2 Å². The molecule has 2 rings (SSSR count). The fourth-order valence-corrected chi connectivity index (χ4v) is 1.46. The Morgan fingerprint density at radius 2 is 2.00 bits per heavy atom. The van der Waals surface area contributed by atoms with Crippen LogP contribution in [0, 0.1) is 17.0 Å². The third-order valence-electron chi connectivity index (χ3n) is 2.37. The van der Waals surface area contributed by atoms with Crippen LogP contribution in [0.25, 0.3) is 0 Å². The van der Waals surface area contributed by atoms with Crippen LogP contribution in [0.3, 0.4) is 0 Å². The van der Waals surface area contributed by atoms with Gasteiger partial charge in [0, 0.05) is 30.1 Å². The maximum Gasteiger partial charge on any atom is 0.269 e. The van der Waals surface area contributed by atoms with E-state index in [0.29, 0.717) is 11.4 Å². The summed E-state index contributed by atoms with van der Waals surface area (Å²) >= 11 is 0. The van der Waals surface area contributed by atoms with Crippen LogP contribution in [0.5, 0.6) is 0 Å². The van der Waals surface area contributed by atoms with Gasteiger partial charge in [0.1, 0.15) is 5.82 Å². The van der Waals surface area contributed by atoms with E-state index in [0.717, 1.165) is 0 Å². The molecule has 0 saturated carbocycles. The zero-order valence-electron chi connectivity index (χ0n) is 9.03. The van der Waals surface area contributed by atoms with Crippen molar-refractivity contribution in [1.82, 2.24) is 9.55 Å². The molecule has 0 bridgehead atoms. The minimum atomic E-state index is -0.503. The number of non-ortho nitro benzene ring substituents is 1. The van der Waals surface area contributed by atoms with E-state index >= 15 is 0 Å². The second kappa shape index (κ2) is 4.17. The van der Waals surface area contributed by atoms with E-state index in [1.807, 2.05) is 0 Å². The highest BCUT2D eigenvalue weighted by Gasteiger charge is 2.12. The fourth-order valence-electron chi connectivity index (χ4n) is 1.46. The number of nitro groups is 1. The molecule has 0 radical (unpaired) electrons. The van der Waals surface area contributed by atoms with Crippen molar-refractivity contribution in [2.75, 3.05) is 0 Å². The van der Waals surface area contributed by atoms with Gasteiger partial charge in [0.05, 0.1) is 4.92 Å². The van der Waals surface area contributed by atoms with Crippen molar-refractivity contribution in [3.05, 3.63) is 58.2 Å². The number of hydrogen-bond donors (Lipinski definition) is 0. The smallest absolute Gasteiger partial charge is 0.269 e. The highest BCUT2D eigenvalue weighted by atomic mass is 16.6. The number of nitrogens with zero attached hydrogens (tertiary/aromatic N) is 3. The van der Waals surface area contributed by atoms with Gasteiger partial charge >= 0.3 is 0 Å². The van der Waals surface area contributed by atoms with Crippen molar-refractivity contribution in [1.29, 1.82) is 0 Å². The maximum atomic E-state index is 12.0. The third-order valence-corrected chi connectivity index (χ3v) is 2.37. The van der Waals surface area contributed by atoms with Gasteiger partial charge in [-0.3, -0.25) is 19.5 Å². The molecule has 0 spiro atoms. The Kier molecular flexibility index (Phi) is 2.70. The number of hydrogen-bond acceptors (Lipinski definition) is 4. The lowest BCUT2D eigenvalue weighted by Gasteiger charge is -2.02. The first-order chi connectivity index (χ1) is 8.09. The Bertz CT molecular complexity index is 572. The van der Waals surface area contributed by atoms with Gasteiger partial charge in [-0.25, -0.2) is 4.98 Å². The summed E-state index contributed by atoms with van der Waals surface area (Å²) in [4.78, 5) is 25.9. The number of carbonyl (C=O) groups excluding carboxylic acids is 1. The number of imidazole rings is 1. The van der Waals surface area contributed by atoms with Crippen LogP contribution in [0.4, 0.5) is 5.69 Å². The van der Waals surface area contributed by atoms with Crippen LogP contribution in [0.15, 0.2) is 36.7 Å². The number of rotatable bonds is 2. The van der Waals surface area contributed by atoms with Crippen molar-refractivity contribution in [2.45, 2.75) is 6.92 Å². The fraction of sp³-hybridized carbons (Fsp3) is 0.0909. The van der Waals surface area contributed by atoms with Gasteiger partial charge in [0.25, 0.3) is 11.6 Å². The molecule has 0 atom stereocenters. The van der Waals surface area contributed by atoms with Crippen molar-refractivity contribution in [3.63, 3.8) is 0 Å². The summed E-state index contributed by atoms with van der Waals surface area (Å²) in [6.45, 7) is 1.71. The molecule has 0 saturated heterocycles. The summed E-state index contributed by atoms with van der Waals surface area (Å²) in [7, 11) is 0. The van der Waals surface area contributed by atoms with Gasteiger partial charge in [-0.05, 0) is 19.1 Å². The average Bonchev–Trinajstić information content (AvgIpc) is 2.74. The predicted molar refractivity (Wildman–Crippen MR) is 59.8 cm³/mol. The standard InChI is InChI=1S/C11H9N3O3/c1-8-12-6-7-13(8)11(15)9-2-4-10(5-3-9)14(16)17/h2-7H,1H3. The molecule has 1 heterocycles. The molecule has 0 fully saturated rings. The quantitative estimate of drug-likeness (QED) is 0.583. The van der Waals surface area contributed by atoms with Crippen molar-refractivity contribution in [2.24, 2.45) is 0 Å². The number of carbonyl (C=O) groups is 1. The molecule has 0 N–H and O–H groups in total. The summed E-state index contributed by atoms with van der Waals surface area (Å²) in [6.07, 6.45) is 3.08. The summed E-state index contributed by atoms with van der Waals surface area (Å²) in [6, 6.07) is 5.47.